The van der Waals surface area contributed by atoms with Crippen LogP contribution in [-0.4, -0.2) is 24.9 Å². The zero-order chi connectivity index (χ0) is 18.5. The van der Waals surface area contributed by atoms with E-state index in [1.54, 1.807) is 36.4 Å². The fourth-order valence-electron chi connectivity index (χ4n) is 3.09. The molecule has 1 fully saturated rings. The molecule has 0 saturated carbocycles. The predicted octanol–water partition coefficient (Wildman–Crippen LogP) is 2.90. The highest BCUT2D eigenvalue weighted by molar-refractivity contribution is 6.07. The molecule has 6 heteroatoms. The third-order valence-electron chi connectivity index (χ3n) is 4.50. The highest BCUT2D eigenvalue weighted by Gasteiger charge is 2.18. The number of benzene rings is 2. The number of hydrogen-bond acceptors (Lipinski definition) is 4. The lowest BCUT2D eigenvalue weighted by molar-refractivity contribution is 0.0996. The number of nitrogens with zero attached hydrogens (tertiary/aromatic N) is 2. The molecule has 2 amide bonds. The van der Waals surface area contributed by atoms with E-state index in [0.29, 0.717) is 22.4 Å². The molecule has 132 valence electrons. The minimum atomic E-state index is -0.538. The molecule has 0 unspecified atom stereocenters. The van der Waals surface area contributed by atoms with Crippen molar-refractivity contribution in [3.63, 3.8) is 0 Å². The van der Waals surface area contributed by atoms with Crippen molar-refractivity contribution in [3.05, 3.63) is 59.2 Å². The Morgan fingerprint density at radius 1 is 1.00 bits per heavy atom. The third kappa shape index (κ3) is 3.83. The Kier molecular flexibility index (Phi) is 5.18. The molecule has 26 heavy (non-hydrogen) atoms. The van der Waals surface area contributed by atoms with Gasteiger partial charge in [-0.25, -0.2) is 0 Å². The van der Waals surface area contributed by atoms with Gasteiger partial charge in [0, 0.05) is 24.2 Å². The van der Waals surface area contributed by atoms with Gasteiger partial charge in [0.05, 0.1) is 23.0 Å². The van der Waals surface area contributed by atoms with E-state index in [4.69, 9.17) is 11.0 Å². The van der Waals surface area contributed by atoms with Gasteiger partial charge in [-0.1, -0.05) is 0 Å². The normalized spacial score (nSPS) is 13.7. The van der Waals surface area contributed by atoms with Crippen LogP contribution in [0.1, 0.15) is 45.5 Å². The quantitative estimate of drug-likeness (QED) is 0.887. The van der Waals surface area contributed by atoms with Crippen molar-refractivity contribution in [2.75, 3.05) is 23.3 Å². The summed E-state index contributed by atoms with van der Waals surface area (Å²) >= 11 is 0. The first-order valence-corrected chi connectivity index (χ1v) is 8.59. The molecule has 6 nitrogen and oxygen atoms in total. The molecular formula is C20H20N4O2. The summed E-state index contributed by atoms with van der Waals surface area (Å²) in [7, 11) is 0. The first kappa shape index (κ1) is 17.5. The topological polar surface area (TPSA) is 99.2 Å². The molecule has 1 heterocycles. The standard InChI is InChI=1S/C20H20N4O2/c21-13-14-4-6-15(7-5-14)20(26)23-17-12-16(19(22)25)8-9-18(17)24-10-2-1-3-11-24/h4-9,12H,1-3,10-11H2,(H2,22,25)(H,23,26). The van der Waals surface area contributed by atoms with Gasteiger partial charge in [0.25, 0.3) is 5.91 Å². The summed E-state index contributed by atoms with van der Waals surface area (Å²) in [6.07, 6.45) is 3.39. The average molecular weight is 348 g/mol. The Morgan fingerprint density at radius 3 is 2.27 bits per heavy atom. The van der Waals surface area contributed by atoms with E-state index < -0.39 is 5.91 Å². The Balaban J connectivity index is 1.90. The summed E-state index contributed by atoms with van der Waals surface area (Å²) in [5.41, 5.74) is 8.12. The molecule has 1 aliphatic heterocycles. The third-order valence-corrected chi connectivity index (χ3v) is 4.50. The van der Waals surface area contributed by atoms with Gasteiger partial charge >= 0.3 is 0 Å². The van der Waals surface area contributed by atoms with Crippen LogP contribution in [-0.2, 0) is 0 Å². The van der Waals surface area contributed by atoms with Gasteiger partial charge in [0.15, 0.2) is 0 Å². The van der Waals surface area contributed by atoms with Gasteiger partial charge < -0.3 is 16.0 Å². The molecule has 0 atom stereocenters. The van der Waals surface area contributed by atoms with Crippen LogP contribution in [0.2, 0.25) is 0 Å². The van der Waals surface area contributed by atoms with Gasteiger partial charge in [-0.05, 0) is 61.7 Å². The summed E-state index contributed by atoms with van der Waals surface area (Å²) in [5, 5.41) is 11.8. The van der Waals surface area contributed by atoms with Crippen LogP contribution in [0.4, 0.5) is 11.4 Å². The molecule has 3 N–H and O–H groups in total. The van der Waals surface area contributed by atoms with Gasteiger partial charge in [-0.3, -0.25) is 9.59 Å². The molecule has 0 aliphatic carbocycles. The first-order valence-electron chi connectivity index (χ1n) is 8.59. The molecule has 0 spiro atoms. The Morgan fingerprint density at radius 2 is 1.65 bits per heavy atom. The summed E-state index contributed by atoms with van der Waals surface area (Å²) in [4.78, 5) is 26.3. The van der Waals surface area contributed by atoms with E-state index in [0.717, 1.165) is 31.6 Å². The number of primary amides is 1. The highest BCUT2D eigenvalue weighted by Crippen LogP contribution is 2.30. The van der Waals surface area contributed by atoms with Crippen molar-refractivity contribution in [2.24, 2.45) is 5.73 Å². The number of carbonyl (C=O) groups is 2. The molecule has 1 aliphatic rings. The molecule has 0 aromatic heterocycles. The minimum Gasteiger partial charge on any atom is -0.370 e. The number of carbonyl (C=O) groups excluding carboxylic acids is 2. The van der Waals surface area contributed by atoms with Crippen LogP contribution in [0.15, 0.2) is 42.5 Å². The van der Waals surface area contributed by atoms with Crippen LogP contribution in [0.25, 0.3) is 0 Å². The van der Waals surface area contributed by atoms with Gasteiger partial charge in [0.2, 0.25) is 5.91 Å². The van der Waals surface area contributed by atoms with Crippen LogP contribution in [0, 0.1) is 11.3 Å². The van der Waals surface area contributed by atoms with Crippen molar-refractivity contribution < 1.29 is 9.59 Å². The average Bonchev–Trinajstić information content (AvgIpc) is 2.68. The molecule has 0 bridgehead atoms. The maximum Gasteiger partial charge on any atom is 0.255 e. The predicted molar refractivity (Wildman–Crippen MR) is 100 cm³/mol. The van der Waals surface area contributed by atoms with Crippen LogP contribution < -0.4 is 16.0 Å². The molecule has 2 aromatic rings. The lowest BCUT2D eigenvalue weighted by atomic mass is 10.1. The van der Waals surface area contributed by atoms with E-state index in [9.17, 15) is 9.59 Å². The van der Waals surface area contributed by atoms with Crippen molar-refractivity contribution in [3.8, 4) is 6.07 Å². The maximum atomic E-state index is 12.6. The van der Waals surface area contributed by atoms with Crippen LogP contribution in [0.5, 0.6) is 0 Å². The van der Waals surface area contributed by atoms with Crippen molar-refractivity contribution >= 4 is 23.2 Å². The summed E-state index contributed by atoms with van der Waals surface area (Å²) in [5.74, 6) is -0.835. The van der Waals surface area contributed by atoms with Gasteiger partial charge in [-0.15, -0.1) is 0 Å². The Bertz CT molecular complexity index is 862. The fraction of sp³-hybridized carbons (Fsp3) is 0.250. The second-order valence-electron chi connectivity index (χ2n) is 6.29. The molecule has 0 radical (unpaired) electrons. The fourth-order valence-corrected chi connectivity index (χ4v) is 3.09. The smallest absolute Gasteiger partial charge is 0.255 e. The number of anilines is 2. The summed E-state index contributed by atoms with van der Waals surface area (Å²) in [6.45, 7) is 1.82. The lowest BCUT2D eigenvalue weighted by Gasteiger charge is -2.30. The number of amides is 2. The summed E-state index contributed by atoms with van der Waals surface area (Å²) in [6, 6.07) is 13.6. The summed E-state index contributed by atoms with van der Waals surface area (Å²) < 4.78 is 0. The second-order valence-corrected chi connectivity index (χ2v) is 6.29. The van der Waals surface area contributed by atoms with Crippen LogP contribution >= 0.6 is 0 Å². The largest absolute Gasteiger partial charge is 0.370 e. The minimum absolute atomic E-state index is 0.297. The number of nitriles is 1. The van der Waals surface area contributed by atoms with E-state index in [2.05, 4.69) is 10.2 Å². The van der Waals surface area contributed by atoms with E-state index in [1.807, 2.05) is 12.1 Å². The molecular weight excluding hydrogens is 328 g/mol. The number of nitrogens with one attached hydrogen (secondary N) is 1. The monoisotopic (exact) mass is 348 g/mol. The molecule has 2 aromatic carbocycles. The van der Waals surface area contributed by atoms with Crippen molar-refractivity contribution in [1.29, 1.82) is 5.26 Å². The zero-order valence-electron chi connectivity index (χ0n) is 14.4. The van der Waals surface area contributed by atoms with Crippen LogP contribution in [0.3, 0.4) is 0 Å². The number of piperidine rings is 1. The van der Waals surface area contributed by atoms with Gasteiger partial charge in [-0.2, -0.15) is 5.26 Å². The number of hydrogen-bond donors (Lipinski definition) is 2. The van der Waals surface area contributed by atoms with E-state index in [1.165, 1.54) is 6.42 Å². The van der Waals surface area contributed by atoms with Crippen molar-refractivity contribution in [1.82, 2.24) is 0 Å². The first-order chi connectivity index (χ1) is 12.6. The molecule has 1 saturated heterocycles. The SMILES string of the molecule is N#Cc1ccc(C(=O)Nc2cc(C(N)=O)ccc2N2CCCCC2)cc1. The maximum absolute atomic E-state index is 12.6. The second kappa shape index (κ2) is 7.70. The lowest BCUT2D eigenvalue weighted by Crippen LogP contribution is -2.30. The van der Waals surface area contributed by atoms with Crippen molar-refractivity contribution in [2.45, 2.75) is 19.3 Å². The number of rotatable bonds is 4. The van der Waals surface area contributed by atoms with E-state index in [-0.39, 0.29) is 5.91 Å². The molecule has 3 rings (SSSR count). The Hall–Kier alpha value is -3.33. The highest BCUT2D eigenvalue weighted by atomic mass is 16.2. The zero-order valence-corrected chi connectivity index (χ0v) is 14.4. The Labute approximate surface area is 152 Å². The van der Waals surface area contributed by atoms with E-state index >= 15 is 0 Å². The number of nitrogens with two attached hydrogens (primary N) is 1. The van der Waals surface area contributed by atoms with Gasteiger partial charge in [0.1, 0.15) is 0 Å².